The van der Waals surface area contributed by atoms with Crippen LogP contribution in [0.15, 0.2) is 74.4 Å². The van der Waals surface area contributed by atoms with Crippen LogP contribution in [0.3, 0.4) is 0 Å². The van der Waals surface area contributed by atoms with E-state index in [4.69, 9.17) is 4.42 Å². The molecular weight excluding hydrogens is 468 g/mol. The number of nitrogens with zero attached hydrogens (tertiary/aromatic N) is 2. The van der Waals surface area contributed by atoms with Crippen molar-refractivity contribution < 1.29 is 21.3 Å². The van der Waals surface area contributed by atoms with E-state index in [-0.39, 0.29) is 22.9 Å². The van der Waals surface area contributed by atoms with Gasteiger partial charge in [0.2, 0.25) is 20.0 Å². The van der Waals surface area contributed by atoms with Crippen molar-refractivity contribution in [3.05, 3.63) is 70.8 Å². The molecule has 3 heterocycles. The summed E-state index contributed by atoms with van der Waals surface area (Å²) in [7, 11) is -7.51. The van der Waals surface area contributed by atoms with Crippen molar-refractivity contribution in [2.24, 2.45) is 0 Å². The van der Waals surface area contributed by atoms with Gasteiger partial charge in [0.15, 0.2) is 0 Å². The van der Waals surface area contributed by atoms with Gasteiger partial charge < -0.3 is 4.42 Å². The molecule has 1 aliphatic rings. The number of benzene rings is 1. The molecule has 0 unspecified atom stereocenters. The first-order chi connectivity index (χ1) is 15.4. The summed E-state index contributed by atoms with van der Waals surface area (Å²) in [6.07, 6.45) is 5.25. The highest BCUT2D eigenvalue weighted by Gasteiger charge is 2.29. The third kappa shape index (κ3) is 5.15. The van der Waals surface area contributed by atoms with Gasteiger partial charge >= 0.3 is 0 Å². The van der Waals surface area contributed by atoms with E-state index in [1.54, 1.807) is 12.1 Å². The summed E-state index contributed by atoms with van der Waals surface area (Å²) in [5.74, 6) is 0.533. The van der Waals surface area contributed by atoms with E-state index < -0.39 is 20.0 Å². The van der Waals surface area contributed by atoms with E-state index in [1.165, 1.54) is 50.5 Å². The highest BCUT2D eigenvalue weighted by atomic mass is 32.2. The van der Waals surface area contributed by atoms with Gasteiger partial charge in [-0.05, 0) is 60.7 Å². The van der Waals surface area contributed by atoms with Gasteiger partial charge in [-0.3, -0.25) is 0 Å². The smallest absolute Gasteiger partial charge is 0.243 e. The maximum absolute atomic E-state index is 13.4. The maximum Gasteiger partial charge on any atom is 0.243 e. The lowest BCUT2D eigenvalue weighted by atomic mass is 10.2. The Morgan fingerprint density at radius 3 is 2.12 bits per heavy atom. The first-order valence-corrected chi connectivity index (χ1v) is 14.3. The lowest BCUT2D eigenvalue weighted by Crippen LogP contribution is -2.32. The van der Waals surface area contributed by atoms with Crippen molar-refractivity contribution in [3.8, 4) is 0 Å². The van der Waals surface area contributed by atoms with Gasteiger partial charge in [-0.1, -0.05) is 18.9 Å². The normalized spacial score (nSPS) is 16.3. The Balaban J connectivity index is 1.60. The van der Waals surface area contributed by atoms with Crippen LogP contribution in [0.1, 0.15) is 36.3 Å². The Morgan fingerprint density at radius 2 is 1.53 bits per heavy atom. The Morgan fingerprint density at radius 1 is 0.844 bits per heavy atom. The number of hydrogen-bond acceptors (Lipinski definition) is 6. The zero-order valence-electron chi connectivity index (χ0n) is 17.6. The lowest BCUT2D eigenvalue weighted by molar-refractivity contribution is 0.360. The average Bonchev–Trinajstić information content (AvgIpc) is 3.42. The van der Waals surface area contributed by atoms with Gasteiger partial charge in [-0.2, -0.15) is 8.61 Å². The molecule has 0 atom stereocenters. The number of rotatable bonds is 8. The number of hydrogen-bond donors (Lipinski definition) is 0. The van der Waals surface area contributed by atoms with Gasteiger partial charge in [-0.15, -0.1) is 11.3 Å². The molecule has 1 saturated heterocycles. The average molecular weight is 495 g/mol. The first-order valence-electron chi connectivity index (χ1n) is 10.5. The predicted molar refractivity (Wildman–Crippen MR) is 123 cm³/mol. The van der Waals surface area contributed by atoms with Gasteiger partial charge in [0.1, 0.15) is 5.76 Å². The molecule has 0 radical (unpaired) electrons. The Kier molecular flexibility index (Phi) is 7.16. The van der Waals surface area contributed by atoms with Crippen molar-refractivity contribution in [1.29, 1.82) is 0 Å². The van der Waals surface area contributed by atoms with Gasteiger partial charge in [0.25, 0.3) is 0 Å². The Labute approximate surface area is 193 Å². The van der Waals surface area contributed by atoms with Crippen LogP contribution in [0, 0.1) is 0 Å². The molecule has 1 aromatic carbocycles. The minimum atomic E-state index is -3.87. The van der Waals surface area contributed by atoms with Gasteiger partial charge in [0.05, 0.1) is 22.6 Å². The fourth-order valence-electron chi connectivity index (χ4n) is 3.74. The second-order valence-corrected chi connectivity index (χ2v) is 12.6. The number of furan rings is 1. The molecule has 3 aromatic rings. The Bertz CT molecular complexity index is 1160. The van der Waals surface area contributed by atoms with E-state index in [1.807, 2.05) is 17.5 Å². The molecule has 0 amide bonds. The van der Waals surface area contributed by atoms with Crippen LogP contribution in [0.2, 0.25) is 0 Å². The molecule has 0 N–H and O–H groups in total. The van der Waals surface area contributed by atoms with Crippen LogP contribution in [0.5, 0.6) is 0 Å². The van der Waals surface area contributed by atoms with Crippen LogP contribution < -0.4 is 0 Å². The van der Waals surface area contributed by atoms with Crippen LogP contribution in [0.4, 0.5) is 0 Å². The molecule has 4 rings (SSSR count). The van der Waals surface area contributed by atoms with Crippen LogP contribution in [-0.2, 0) is 33.1 Å². The standard InChI is InChI=1S/C22H26N2O5S3/c25-31(26,23-13-3-1-2-4-14-23)21-9-11-22(12-10-21)32(27,28)24(17-19-7-5-15-29-19)18-20-8-6-16-30-20/h5-12,15-16H,1-4,13-14,17-18H2. The van der Waals surface area contributed by atoms with E-state index >= 15 is 0 Å². The first kappa shape index (κ1) is 23.2. The highest BCUT2D eigenvalue weighted by Crippen LogP contribution is 2.26. The van der Waals surface area contributed by atoms with Crippen LogP contribution in [0.25, 0.3) is 0 Å². The minimum Gasteiger partial charge on any atom is -0.468 e. The molecular formula is C22H26N2O5S3. The monoisotopic (exact) mass is 494 g/mol. The molecule has 0 bridgehead atoms. The molecule has 0 spiro atoms. The molecule has 1 aliphatic heterocycles. The van der Waals surface area contributed by atoms with E-state index in [0.29, 0.717) is 18.8 Å². The van der Waals surface area contributed by atoms with Crippen molar-refractivity contribution >= 4 is 31.4 Å². The summed E-state index contributed by atoms with van der Waals surface area (Å²) in [5.41, 5.74) is 0. The molecule has 172 valence electrons. The Hall–Kier alpha value is -1.98. The molecule has 7 nitrogen and oxygen atoms in total. The number of sulfonamides is 2. The molecule has 0 saturated carbocycles. The van der Waals surface area contributed by atoms with Crippen LogP contribution in [-0.4, -0.2) is 38.5 Å². The van der Waals surface area contributed by atoms with Crippen molar-refractivity contribution in [1.82, 2.24) is 8.61 Å². The number of thiophene rings is 1. The lowest BCUT2D eigenvalue weighted by Gasteiger charge is -2.22. The fourth-order valence-corrected chi connectivity index (χ4v) is 7.44. The summed E-state index contributed by atoms with van der Waals surface area (Å²) < 4.78 is 61.1. The molecule has 0 aliphatic carbocycles. The van der Waals surface area contributed by atoms with Gasteiger partial charge in [0, 0.05) is 24.5 Å². The molecule has 2 aromatic heterocycles. The second-order valence-electron chi connectivity index (χ2n) is 7.72. The summed E-state index contributed by atoms with van der Waals surface area (Å²) >= 11 is 1.48. The second kappa shape index (κ2) is 9.88. The summed E-state index contributed by atoms with van der Waals surface area (Å²) in [4.78, 5) is 1.07. The van der Waals surface area contributed by atoms with E-state index in [9.17, 15) is 16.8 Å². The quantitative estimate of drug-likeness (QED) is 0.466. The zero-order chi connectivity index (χ0) is 22.6. The van der Waals surface area contributed by atoms with E-state index in [2.05, 4.69) is 0 Å². The predicted octanol–water partition coefficient (Wildman–Crippen LogP) is 4.30. The van der Waals surface area contributed by atoms with Crippen molar-refractivity contribution in [2.75, 3.05) is 13.1 Å². The third-order valence-corrected chi connectivity index (χ3v) is 10.1. The zero-order valence-corrected chi connectivity index (χ0v) is 20.0. The summed E-state index contributed by atoms with van der Waals surface area (Å²) in [6.45, 7) is 1.29. The largest absolute Gasteiger partial charge is 0.468 e. The minimum absolute atomic E-state index is 0.0513. The molecule has 1 fully saturated rings. The molecule has 10 heteroatoms. The summed E-state index contributed by atoms with van der Waals surface area (Å²) in [5, 5.41) is 1.90. The van der Waals surface area contributed by atoms with Crippen molar-refractivity contribution in [3.63, 3.8) is 0 Å². The van der Waals surface area contributed by atoms with E-state index in [0.717, 1.165) is 30.6 Å². The SMILES string of the molecule is O=S(=O)(c1ccc(S(=O)(=O)N(Cc2ccco2)Cc2cccs2)cc1)N1CCCCCC1. The fraction of sp³-hybridized carbons (Fsp3) is 0.364. The topological polar surface area (TPSA) is 87.9 Å². The van der Waals surface area contributed by atoms with Crippen LogP contribution >= 0.6 is 11.3 Å². The maximum atomic E-state index is 13.4. The summed E-state index contributed by atoms with van der Waals surface area (Å²) in [6, 6.07) is 12.7. The van der Waals surface area contributed by atoms with Crippen molar-refractivity contribution in [2.45, 2.75) is 48.6 Å². The molecule has 32 heavy (non-hydrogen) atoms. The third-order valence-electron chi connectivity index (χ3n) is 5.49. The highest BCUT2D eigenvalue weighted by molar-refractivity contribution is 7.89. The van der Waals surface area contributed by atoms with Gasteiger partial charge in [-0.25, -0.2) is 16.8 Å².